The van der Waals surface area contributed by atoms with Crippen LogP contribution in [-0.2, 0) is 0 Å². The fourth-order valence-electron chi connectivity index (χ4n) is 3.57. The fraction of sp³-hybridized carbons (Fsp3) is 0.250. The number of benzene rings is 2. The van der Waals surface area contributed by atoms with E-state index in [-0.39, 0.29) is 27.2 Å². The van der Waals surface area contributed by atoms with Crippen molar-refractivity contribution in [3.8, 4) is 17.1 Å². The van der Waals surface area contributed by atoms with E-state index in [1.807, 2.05) is 30.0 Å². The van der Waals surface area contributed by atoms with Gasteiger partial charge in [-0.05, 0) is 43.2 Å². The maximum Gasteiger partial charge on any atom is 0.404 e. The highest BCUT2D eigenvalue weighted by Gasteiger charge is 2.35. The first-order valence-corrected chi connectivity index (χ1v) is 10.3. The molecule has 2 unspecified atom stereocenters. The number of phenolic OH excluding ortho intramolecular Hbond substituents is 1. The van der Waals surface area contributed by atoms with E-state index in [1.165, 1.54) is 18.2 Å². The number of hydrogen-bond donors (Lipinski definition) is 3. The van der Waals surface area contributed by atoms with E-state index in [4.69, 9.17) is 5.11 Å². The smallest absolute Gasteiger partial charge is 0.404 e. The Morgan fingerprint density at radius 3 is 2.83 bits per heavy atom. The lowest BCUT2D eigenvalue weighted by Crippen LogP contribution is -2.41. The van der Waals surface area contributed by atoms with Crippen LogP contribution < -0.4 is 10.2 Å². The third kappa shape index (κ3) is 3.66. The SMILES string of the molecule is Cc1ccc2c(N3CCC(NC(=O)O)C3I)nc(-c3c(O)cccc3F)nc2c1. The molecule has 9 heteroatoms. The summed E-state index contributed by atoms with van der Waals surface area (Å²) in [6.45, 7) is 2.52. The van der Waals surface area contributed by atoms with Gasteiger partial charge >= 0.3 is 6.09 Å². The number of rotatable bonds is 3. The normalized spacial score (nSPS) is 18.9. The van der Waals surface area contributed by atoms with Crippen LogP contribution in [0.5, 0.6) is 5.75 Å². The Bertz CT molecular complexity index is 1090. The van der Waals surface area contributed by atoms with Crippen LogP contribution in [0.4, 0.5) is 15.0 Å². The summed E-state index contributed by atoms with van der Waals surface area (Å²) in [6.07, 6.45) is -0.448. The molecule has 7 nitrogen and oxygen atoms in total. The van der Waals surface area contributed by atoms with Crippen LogP contribution in [0.2, 0.25) is 0 Å². The largest absolute Gasteiger partial charge is 0.507 e. The number of anilines is 1. The summed E-state index contributed by atoms with van der Waals surface area (Å²) in [5.41, 5.74) is 1.57. The number of nitrogens with one attached hydrogen (secondary N) is 1. The molecule has 29 heavy (non-hydrogen) atoms. The molecule has 4 rings (SSSR count). The number of carboxylic acid groups (broad SMARTS) is 1. The number of phenols is 1. The van der Waals surface area contributed by atoms with E-state index in [2.05, 4.69) is 37.9 Å². The first-order chi connectivity index (χ1) is 13.8. The maximum absolute atomic E-state index is 14.5. The molecule has 0 spiro atoms. The Kier molecular flexibility index (Phi) is 5.15. The zero-order valence-corrected chi connectivity index (χ0v) is 17.6. The number of aromatic hydroxyl groups is 1. The predicted molar refractivity (Wildman–Crippen MR) is 116 cm³/mol. The van der Waals surface area contributed by atoms with Crippen molar-refractivity contribution < 1.29 is 19.4 Å². The molecule has 3 aromatic rings. The lowest BCUT2D eigenvalue weighted by Gasteiger charge is -2.25. The number of carbonyl (C=O) groups is 1. The van der Waals surface area contributed by atoms with Gasteiger partial charge in [-0.1, -0.05) is 34.7 Å². The molecule has 1 saturated heterocycles. The standard InChI is InChI=1S/C20H18FIN4O3/c1-10-5-6-11-14(9-10)23-18(16-12(21)3-2-4-15(16)27)25-19(11)26-8-7-13(17(26)22)24-20(28)29/h2-6,9,13,17,24,27H,7-8H2,1H3,(H,28,29). The van der Waals surface area contributed by atoms with Gasteiger partial charge in [0.15, 0.2) is 5.82 Å². The zero-order valence-electron chi connectivity index (χ0n) is 15.4. The molecule has 150 valence electrons. The van der Waals surface area contributed by atoms with Crippen LogP contribution in [-0.4, -0.2) is 42.9 Å². The molecule has 1 fully saturated rings. The second-order valence-electron chi connectivity index (χ2n) is 6.94. The van der Waals surface area contributed by atoms with Gasteiger partial charge in [0.25, 0.3) is 0 Å². The summed E-state index contributed by atoms with van der Waals surface area (Å²) in [7, 11) is 0. The van der Waals surface area contributed by atoms with Crippen molar-refractivity contribution in [1.82, 2.24) is 15.3 Å². The number of aryl methyl sites for hydroxylation is 1. The van der Waals surface area contributed by atoms with Gasteiger partial charge in [-0.2, -0.15) is 0 Å². The summed E-state index contributed by atoms with van der Waals surface area (Å²) in [4.78, 5) is 22.2. The van der Waals surface area contributed by atoms with Crippen molar-refractivity contribution in [1.29, 1.82) is 0 Å². The van der Waals surface area contributed by atoms with Gasteiger partial charge in [0, 0.05) is 11.9 Å². The highest BCUT2D eigenvalue weighted by molar-refractivity contribution is 14.1. The quantitative estimate of drug-likeness (QED) is 0.281. The Morgan fingerprint density at radius 1 is 1.31 bits per heavy atom. The molecule has 0 radical (unpaired) electrons. The number of amides is 1. The molecule has 1 aliphatic rings. The van der Waals surface area contributed by atoms with E-state index in [9.17, 15) is 14.3 Å². The van der Waals surface area contributed by atoms with Crippen molar-refractivity contribution in [2.75, 3.05) is 11.4 Å². The zero-order chi connectivity index (χ0) is 20.7. The lowest BCUT2D eigenvalue weighted by atomic mass is 10.1. The van der Waals surface area contributed by atoms with Gasteiger partial charge in [0.1, 0.15) is 21.4 Å². The monoisotopic (exact) mass is 508 g/mol. The number of nitrogens with zero attached hydrogens (tertiary/aromatic N) is 3. The molecule has 0 bridgehead atoms. The first kappa shape index (κ1) is 19.6. The number of alkyl halides is 1. The summed E-state index contributed by atoms with van der Waals surface area (Å²) in [5, 5.41) is 22.6. The lowest BCUT2D eigenvalue weighted by molar-refractivity contribution is 0.190. The molecule has 1 amide bonds. The van der Waals surface area contributed by atoms with Crippen molar-refractivity contribution in [2.24, 2.45) is 0 Å². The van der Waals surface area contributed by atoms with Crippen LogP contribution in [0.25, 0.3) is 22.3 Å². The van der Waals surface area contributed by atoms with Crippen LogP contribution in [0.1, 0.15) is 12.0 Å². The third-order valence-electron chi connectivity index (χ3n) is 4.94. The van der Waals surface area contributed by atoms with Crippen LogP contribution >= 0.6 is 22.6 Å². The number of aromatic nitrogens is 2. The fourth-order valence-corrected chi connectivity index (χ4v) is 4.65. The molecular formula is C20H18FIN4O3. The molecule has 2 atom stereocenters. The van der Waals surface area contributed by atoms with Crippen molar-refractivity contribution in [2.45, 2.75) is 23.4 Å². The molecule has 0 aliphatic carbocycles. The average molecular weight is 508 g/mol. The second-order valence-corrected chi connectivity index (χ2v) is 8.21. The van der Waals surface area contributed by atoms with Crippen molar-refractivity contribution in [3.63, 3.8) is 0 Å². The third-order valence-corrected chi connectivity index (χ3v) is 6.48. The topological polar surface area (TPSA) is 98.6 Å². The summed E-state index contributed by atoms with van der Waals surface area (Å²) in [6, 6.07) is 9.55. The predicted octanol–water partition coefficient (Wildman–Crippen LogP) is 4.06. The van der Waals surface area contributed by atoms with E-state index in [0.29, 0.717) is 24.3 Å². The molecule has 3 N–H and O–H groups in total. The van der Waals surface area contributed by atoms with Gasteiger partial charge < -0.3 is 20.4 Å². The molecular weight excluding hydrogens is 490 g/mol. The minimum absolute atomic E-state index is 0.0541. The number of hydrogen-bond acceptors (Lipinski definition) is 5. The van der Waals surface area contributed by atoms with E-state index >= 15 is 0 Å². The van der Waals surface area contributed by atoms with Gasteiger partial charge in [-0.15, -0.1) is 0 Å². The minimum Gasteiger partial charge on any atom is -0.507 e. The highest BCUT2D eigenvalue weighted by atomic mass is 127. The number of fused-ring (bicyclic) bond motifs is 1. The minimum atomic E-state index is -1.07. The van der Waals surface area contributed by atoms with Crippen molar-refractivity contribution >= 4 is 45.4 Å². The van der Waals surface area contributed by atoms with E-state index < -0.39 is 11.9 Å². The highest BCUT2D eigenvalue weighted by Crippen LogP contribution is 2.37. The Morgan fingerprint density at radius 2 is 2.10 bits per heavy atom. The summed E-state index contributed by atoms with van der Waals surface area (Å²) < 4.78 is 14.3. The van der Waals surface area contributed by atoms with E-state index in [0.717, 1.165) is 10.9 Å². The Balaban J connectivity index is 1.88. The van der Waals surface area contributed by atoms with Gasteiger partial charge in [0.2, 0.25) is 0 Å². The van der Waals surface area contributed by atoms with Crippen LogP contribution in [0.15, 0.2) is 36.4 Å². The molecule has 2 heterocycles. The van der Waals surface area contributed by atoms with Crippen LogP contribution in [0.3, 0.4) is 0 Å². The Labute approximate surface area is 179 Å². The molecule has 2 aromatic carbocycles. The van der Waals surface area contributed by atoms with Crippen LogP contribution in [0, 0.1) is 12.7 Å². The second kappa shape index (κ2) is 7.62. The molecule has 1 aromatic heterocycles. The van der Waals surface area contributed by atoms with Gasteiger partial charge in [-0.25, -0.2) is 19.2 Å². The summed E-state index contributed by atoms with van der Waals surface area (Å²) >= 11 is 2.19. The first-order valence-electron chi connectivity index (χ1n) is 9.01. The average Bonchev–Trinajstić information content (AvgIpc) is 3.00. The molecule has 1 aliphatic heterocycles. The number of halogens is 2. The van der Waals surface area contributed by atoms with Gasteiger partial charge in [-0.3, -0.25) is 0 Å². The maximum atomic E-state index is 14.5. The Hall–Kier alpha value is -2.69. The van der Waals surface area contributed by atoms with E-state index in [1.54, 1.807) is 0 Å². The van der Waals surface area contributed by atoms with Crippen molar-refractivity contribution in [3.05, 3.63) is 47.8 Å². The molecule has 0 saturated carbocycles. The summed E-state index contributed by atoms with van der Waals surface area (Å²) in [5.74, 6) is -0.171. The van der Waals surface area contributed by atoms with Gasteiger partial charge in [0.05, 0.1) is 17.1 Å².